The quantitative estimate of drug-likeness (QED) is 0.609. The maximum absolute atomic E-state index is 5.67. The molecule has 2 N–H and O–H groups in total. The summed E-state index contributed by atoms with van der Waals surface area (Å²) >= 11 is 0. The normalized spacial score (nSPS) is 11.3. The van der Waals surface area contributed by atoms with Crippen molar-refractivity contribution in [3.63, 3.8) is 0 Å². The van der Waals surface area contributed by atoms with Gasteiger partial charge in [-0.3, -0.25) is 0 Å². The molecule has 0 amide bonds. The number of hydrogen-bond donors (Lipinski definition) is 1. The first-order valence-electron chi connectivity index (χ1n) is 4.76. The van der Waals surface area contributed by atoms with Crippen molar-refractivity contribution < 1.29 is 9.47 Å². The van der Waals surface area contributed by atoms with Crippen molar-refractivity contribution in [3.05, 3.63) is 18.2 Å². The SMILES string of the molecule is CCC(N)=Nc1cc(OC)ccc1OC. The molecule has 0 bridgehead atoms. The van der Waals surface area contributed by atoms with Gasteiger partial charge in [0.15, 0.2) is 0 Å². The van der Waals surface area contributed by atoms with Gasteiger partial charge in [0.25, 0.3) is 0 Å². The highest BCUT2D eigenvalue weighted by Gasteiger charge is 2.03. The summed E-state index contributed by atoms with van der Waals surface area (Å²) in [6.45, 7) is 1.95. The van der Waals surface area contributed by atoms with Crippen molar-refractivity contribution in [1.29, 1.82) is 0 Å². The van der Waals surface area contributed by atoms with Crippen LogP contribution in [0.2, 0.25) is 0 Å². The topological polar surface area (TPSA) is 56.8 Å². The van der Waals surface area contributed by atoms with Gasteiger partial charge in [-0.05, 0) is 12.1 Å². The van der Waals surface area contributed by atoms with Crippen LogP contribution in [0.4, 0.5) is 5.69 Å². The Bertz CT molecular complexity index is 362. The number of methoxy groups -OCH3 is 2. The average molecular weight is 208 g/mol. The van der Waals surface area contributed by atoms with Gasteiger partial charge in [-0.2, -0.15) is 0 Å². The molecular formula is C11H16N2O2. The predicted octanol–water partition coefficient (Wildman–Crippen LogP) is 2.10. The molecule has 0 aliphatic heterocycles. The van der Waals surface area contributed by atoms with Crippen LogP contribution in [0.3, 0.4) is 0 Å². The van der Waals surface area contributed by atoms with E-state index >= 15 is 0 Å². The van der Waals surface area contributed by atoms with E-state index in [0.29, 0.717) is 23.7 Å². The molecule has 0 fully saturated rings. The first kappa shape index (κ1) is 11.4. The molecule has 0 aromatic heterocycles. The number of ether oxygens (including phenoxy) is 2. The lowest BCUT2D eigenvalue weighted by Gasteiger charge is -2.07. The van der Waals surface area contributed by atoms with E-state index in [1.54, 1.807) is 26.4 Å². The van der Waals surface area contributed by atoms with Gasteiger partial charge in [-0.1, -0.05) is 6.92 Å². The Balaban J connectivity index is 3.12. The van der Waals surface area contributed by atoms with E-state index in [9.17, 15) is 0 Å². The zero-order valence-electron chi connectivity index (χ0n) is 9.28. The molecule has 15 heavy (non-hydrogen) atoms. The molecule has 0 spiro atoms. The number of rotatable bonds is 4. The fraction of sp³-hybridized carbons (Fsp3) is 0.364. The molecule has 0 unspecified atom stereocenters. The summed E-state index contributed by atoms with van der Waals surface area (Å²) in [7, 11) is 3.21. The van der Waals surface area contributed by atoms with Gasteiger partial charge in [0.2, 0.25) is 0 Å². The second-order valence-electron chi connectivity index (χ2n) is 2.99. The fourth-order valence-corrected chi connectivity index (χ4v) is 1.12. The highest BCUT2D eigenvalue weighted by molar-refractivity contribution is 5.83. The Labute approximate surface area is 89.7 Å². The zero-order chi connectivity index (χ0) is 11.3. The minimum atomic E-state index is 0.571. The number of amidine groups is 1. The lowest BCUT2D eigenvalue weighted by Crippen LogP contribution is -2.08. The Hall–Kier alpha value is -1.71. The van der Waals surface area contributed by atoms with E-state index in [2.05, 4.69) is 4.99 Å². The van der Waals surface area contributed by atoms with Crippen molar-refractivity contribution in [2.24, 2.45) is 10.7 Å². The number of hydrogen-bond acceptors (Lipinski definition) is 3. The van der Waals surface area contributed by atoms with Crippen molar-refractivity contribution >= 4 is 11.5 Å². The molecule has 0 heterocycles. The van der Waals surface area contributed by atoms with Gasteiger partial charge in [0.05, 0.1) is 20.1 Å². The average Bonchev–Trinajstić information content (AvgIpc) is 2.28. The van der Waals surface area contributed by atoms with E-state index < -0.39 is 0 Å². The maximum Gasteiger partial charge on any atom is 0.144 e. The van der Waals surface area contributed by atoms with E-state index in [1.165, 1.54) is 0 Å². The minimum absolute atomic E-state index is 0.571. The number of benzene rings is 1. The molecule has 0 saturated carbocycles. The summed E-state index contributed by atoms with van der Waals surface area (Å²) in [5.74, 6) is 1.99. The summed E-state index contributed by atoms with van der Waals surface area (Å²) < 4.78 is 10.3. The molecule has 0 radical (unpaired) electrons. The number of nitrogens with zero attached hydrogens (tertiary/aromatic N) is 1. The molecule has 1 aromatic rings. The van der Waals surface area contributed by atoms with Gasteiger partial charge >= 0.3 is 0 Å². The first-order valence-corrected chi connectivity index (χ1v) is 4.76. The van der Waals surface area contributed by atoms with Gasteiger partial charge in [0, 0.05) is 12.5 Å². The Kier molecular flexibility index (Phi) is 3.97. The van der Waals surface area contributed by atoms with Crippen LogP contribution in [0, 0.1) is 0 Å². The largest absolute Gasteiger partial charge is 0.497 e. The van der Waals surface area contributed by atoms with Crippen LogP contribution in [-0.4, -0.2) is 20.1 Å². The first-order chi connectivity index (χ1) is 7.21. The number of aliphatic imine (C=N–C) groups is 1. The summed E-state index contributed by atoms with van der Waals surface area (Å²) in [4.78, 5) is 4.25. The molecule has 82 valence electrons. The van der Waals surface area contributed by atoms with Crippen molar-refractivity contribution in [2.75, 3.05) is 14.2 Å². The van der Waals surface area contributed by atoms with Gasteiger partial charge in [-0.25, -0.2) is 4.99 Å². The van der Waals surface area contributed by atoms with Crippen LogP contribution < -0.4 is 15.2 Å². The Morgan fingerprint density at radius 3 is 2.60 bits per heavy atom. The molecule has 4 nitrogen and oxygen atoms in total. The van der Waals surface area contributed by atoms with Gasteiger partial charge < -0.3 is 15.2 Å². The summed E-state index contributed by atoms with van der Waals surface area (Å²) in [6.07, 6.45) is 0.709. The fourth-order valence-electron chi connectivity index (χ4n) is 1.12. The molecule has 4 heteroatoms. The summed E-state index contributed by atoms with van der Waals surface area (Å²) in [6, 6.07) is 5.42. The number of nitrogens with two attached hydrogens (primary N) is 1. The summed E-state index contributed by atoms with van der Waals surface area (Å²) in [5, 5.41) is 0. The third-order valence-corrected chi connectivity index (χ3v) is 2.01. The standard InChI is InChI=1S/C11H16N2O2/c1-4-11(12)13-9-7-8(14-2)5-6-10(9)15-3/h5-7H,4H2,1-3H3,(H2,12,13). The van der Waals surface area contributed by atoms with Crippen LogP contribution in [0.1, 0.15) is 13.3 Å². The van der Waals surface area contributed by atoms with Crippen molar-refractivity contribution in [1.82, 2.24) is 0 Å². The Morgan fingerprint density at radius 1 is 1.33 bits per heavy atom. The van der Waals surface area contributed by atoms with Crippen molar-refractivity contribution in [2.45, 2.75) is 13.3 Å². The molecule has 0 aliphatic rings. The van der Waals surface area contributed by atoms with E-state index in [1.807, 2.05) is 13.0 Å². The van der Waals surface area contributed by atoms with Gasteiger partial charge in [-0.15, -0.1) is 0 Å². The van der Waals surface area contributed by atoms with Gasteiger partial charge in [0.1, 0.15) is 17.2 Å². The molecular weight excluding hydrogens is 192 g/mol. The molecule has 1 aromatic carbocycles. The smallest absolute Gasteiger partial charge is 0.144 e. The van der Waals surface area contributed by atoms with Crippen molar-refractivity contribution in [3.8, 4) is 11.5 Å². The van der Waals surface area contributed by atoms with E-state index in [-0.39, 0.29) is 0 Å². The molecule has 0 aliphatic carbocycles. The minimum Gasteiger partial charge on any atom is -0.497 e. The third kappa shape index (κ3) is 2.87. The van der Waals surface area contributed by atoms with Crippen LogP contribution in [0.15, 0.2) is 23.2 Å². The van der Waals surface area contributed by atoms with Crippen LogP contribution >= 0.6 is 0 Å². The molecule has 0 atom stereocenters. The Morgan fingerprint density at radius 2 is 2.07 bits per heavy atom. The predicted molar refractivity (Wildman–Crippen MR) is 61.1 cm³/mol. The lowest BCUT2D eigenvalue weighted by molar-refractivity contribution is 0.404. The van der Waals surface area contributed by atoms with E-state index in [4.69, 9.17) is 15.2 Å². The van der Waals surface area contributed by atoms with Crippen LogP contribution in [0.5, 0.6) is 11.5 Å². The van der Waals surface area contributed by atoms with Crippen LogP contribution in [-0.2, 0) is 0 Å². The second-order valence-corrected chi connectivity index (χ2v) is 2.99. The molecule has 0 saturated heterocycles. The monoisotopic (exact) mass is 208 g/mol. The molecule has 1 rings (SSSR count). The lowest BCUT2D eigenvalue weighted by atomic mass is 10.2. The van der Waals surface area contributed by atoms with E-state index in [0.717, 1.165) is 5.75 Å². The second kappa shape index (κ2) is 5.24. The highest BCUT2D eigenvalue weighted by atomic mass is 16.5. The van der Waals surface area contributed by atoms with Crippen LogP contribution in [0.25, 0.3) is 0 Å². The highest BCUT2D eigenvalue weighted by Crippen LogP contribution is 2.31. The zero-order valence-corrected chi connectivity index (χ0v) is 9.28. The third-order valence-electron chi connectivity index (χ3n) is 2.01. The maximum atomic E-state index is 5.67. The summed E-state index contributed by atoms with van der Waals surface area (Å²) in [5.41, 5.74) is 6.36.